The summed E-state index contributed by atoms with van der Waals surface area (Å²) in [5, 5.41) is 0. The van der Waals surface area contributed by atoms with Crippen molar-refractivity contribution in [2.45, 2.75) is 90.9 Å². The Morgan fingerprint density at radius 2 is 1.24 bits per heavy atom. The second-order valence-corrected chi connectivity index (χ2v) is 17.5. The molecule has 50 heavy (non-hydrogen) atoms. The van der Waals surface area contributed by atoms with Crippen molar-refractivity contribution in [3.05, 3.63) is 170 Å². The first-order valence-corrected chi connectivity index (χ1v) is 19.5. The largest absolute Gasteiger partial charge is 0.0839 e. The van der Waals surface area contributed by atoms with Crippen LogP contribution in [-0.2, 0) is 11.8 Å². The lowest BCUT2D eigenvalue weighted by Gasteiger charge is -2.34. The minimum atomic E-state index is 0.189. The number of rotatable bonds is 3. The standard InChI is InChI=1S/C50H50/c1-49(2)45-11-7-5-9-41(45)43-23-21-39(29-47(43)49)37-19-17-33-25-31(13-15-35(33)27-37)32-14-16-36-28-38(20-18-34(36)26-32)40-22-24-44-42-10-6-8-12-46(42)50(3,4)48(44)30-40/h5-11,18,20-28,46-48H,12-17,19,29-30H2,1-4H3. The topological polar surface area (TPSA) is 0 Å². The molecule has 0 radical (unpaired) electrons. The van der Waals surface area contributed by atoms with E-state index < -0.39 is 0 Å². The molecule has 0 bridgehead atoms. The molecule has 10 rings (SSSR count). The highest BCUT2D eigenvalue weighted by molar-refractivity contribution is 5.81. The second kappa shape index (κ2) is 11.2. The zero-order valence-electron chi connectivity index (χ0n) is 30.4. The Morgan fingerprint density at radius 3 is 2.08 bits per heavy atom. The Morgan fingerprint density at radius 1 is 0.560 bits per heavy atom. The Bertz CT molecular complexity index is 2180. The minimum Gasteiger partial charge on any atom is -0.0839 e. The van der Waals surface area contributed by atoms with Crippen molar-refractivity contribution in [1.29, 1.82) is 0 Å². The van der Waals surface area contributed by atoms with Gasteiger partial charge in [0.05, 0.1) is 0 Å². The summed E-state index contributed by atoms with van der Waals surface area (Å²) in [5.41, 5.74) is 23.7. The summed E-state index contributed by atoms with van der Waals surface area (Å²) < 4.78 is 0. The molecule has 0 spiro atoms. The average Bonchev–Trinajstić information content (AvgIpc) is 3.53. The van der Waals surface area contributed by atoms with Gasteiger partial charge in [-0.3, -0.25) is 0 Å². The molecule has 3 unspecified atom stereocenters. The zero-order valence-corrected chi connectivity index (χ0v) is 30.4. The molecule has 0 nitrogen and oxygen atoms in total. The van der Waals surface area contributed by atoms with Gasteiger partial charge in [-0.1, -0.05) is 131 Å². The van der Waals surface area contributed by atoms with Crippen LogP contribution >= 0.6 is 0 Å². The third kappa shape index (κ3) is 4.63. The van der Waals surface area contributed by atoms with Gasteiger partial charge in [-0.25, -0.2) is 0 Å². The molecule has 3 atom stereocenters. The molecule has 2 aromatic carbocycles. The molecular weight excluding hydrogens is 601 g/mol. The lowest BCUT2D eigenvalue weighted by atomic mass is 9.69. The van der Waals surface area contributed by atoms with Gasteiger partial charge in [-0.05, 0) is 170 Å². The van der Waals surface area contributed by atoms with Crippen molar-refractivity contribution in [2.24, 2.45) is 23.2 Å². The Balaban J connectivity index is 0.875. The van der Waals surface area contributed by atoms with Crippen LogP contribution in [0, 0.1) is 23.2 Å². The summed E-state index contributed by atoms with van der Waals surface area (Å²) in [6, 6.07) is 16.5. The molecule has 1 fully saturated rings. The summed E-state index contributed by atoms with van der Waals surface area (Å²) in [6.45, 7) is 9.93. The number of aryl methyl sites for hydroxylation is 1. The molecule has 0 amide bonds. The van der Waals surface area contributed by atoms with Crippen LogP contribution in [0.25, 0.3) is 17.2 Å². The fourth-order valence-corrected chi connectivity index (χ4v) is 11.3. The quantitative estimate of drug-likeness (QED) is 0.310. The van der Waals surface area contributed by atoms with E-state index in [-0.39, 0.29) is 5.41 Å². The Kier molecular flexibility index (Phi) is 6.85. The van der Waals surface area contributed by atoms with Crippen LogP contribution in [0.15, 0.2) is 142 Å². The van der Waals surface area contributed by atoms with Crippen molar-refractivity contribution in [3.8, 4) is 0 Å². The predicted octanol–water partition coefficient (Wildman–Crippen LogP) is 12.9. The number of allylic oxidation sites excluding steroid dienone is 19. The van der Waals surface area contributed by atoms with E-state index in [9.17, 15) is 0 Å². The van der Waals surface area contributed by atoms with Crippen LogP contribution < -0.4 is 0 Å². The van der Waals surface area contributed by atoms with Crippen LogP contribution in [0.3, 0.4) is 0 Å². The molecular formula is C50H50. The van der Waals surface area contributed by atoms with E-state index in [1.165, 1.54) is 71.9 Å². The van der Waals surface area contributed by atoms with Gasteiger partial charge in [0.25, 0.3) is 0 Å². The summed E-state index contributed by atoms with van der Waals surface area (Å²) in [6.07, 6.45) is 35.1. The third-order valence-corrected chi connectivity index (χ3v) is 14.4. The molecule has 1 saturated carbocycles. The normalized spacial score (nSPS) is 28.2. The monoisotopic (exact) mass is 650 g/mol. The number of hydrogen-bond donors (Lipinski definition) is 0. The molecule has 0 saturated heterocycles. The van der Waals surface area contributed by atoms with E-state index >= 15 is 0 Å². The molecule has 0 heterocycles. The van der Waals surface area contributed by atoms with Gasteiger partial charge >= 0.3 is 0 Å². The van der Waals surface area contributed by atoms with Crippen LogP contribution in [0.5, 0.6) is 0 Å². The number of hydrogen-bond acceptors (Lipinski definition) is 0. The van der Waals surface area contributed by atoms with Gasteiger partial charge in [-0.15, -0.1) is 0 Å². The zero-order chi connectivity index (χ0) is 33.8. The van der Waals surface area contributed by atoms with E-state index in [4.69, 9.17) is 0 Å². The summed E-state index contributed by atoms with van der Waals surface area (Å²) in [5.74, 6) is 1.86. The van der Waals surface area contributed by atoms with E-state index in [1.807, 2.05) is 0 Å². The fourth-order valence-electron chi connectivity index (χ4n) is 11.3. The molecule has 8 aliphatic carbocycles. The highest BCUT2D eigenvalue weighted by Crippen LogP contribution is 2.60. The first-order valence-electron chi connectivity index (χ1n) is 19.5. The highest BCUT2D eigenvalue weighted by atomic mass is 14.5. The molecule has 0 N–H and O–H groups in total. The van der Waals surface area contributed by atoms with Crippen molar-refractivity contribution in [2.75, 3.05) is 0 Å². The van der Waals surface area contributed by atoms with Crippen molar-refractivity contribution in [1.82, 2.24) is 0 Å². The first-order chi connectivity index (χ1) is 24.3. The van der Waals surface area contributed by atoms with E-state index in [0.717, 1.165) is 19.3 Å². The Labute approximate surface area is 299 Å². The first kappa shape index (κ1) is 30.6. The van der Waals surface area contributed by atoms with Gasteiger partial charge in [0, 0.05) is 0 Å². The van der Waals surface area contributed by atoms with E-state index in [1.54, 1.807) is 50.2 Å². The maximum atomic E-state index is 2.59. The van der Waals surface area contributed by atoms with Crippen molar-refractivity contribution >= 4 is 17.2 Å². The van der Waals surface area contributed by atoms with Gasteiger partial charge in [0.2, 0.25) is 0 Å². The smallest absolute Gasteiger partial charge is 0.00233 e. The van der Waals surface area contributed by atoms with E-state index in [2.05, 4.69) is 131 Å². The van der Waals surface area contributed by atoms with Crippen LogP contribution in [-0.4, -0.2) is 0 Å². The van der Waals surface area contributed by atoms with E-state index in [0.29, 0.717) is 23.2 Å². The highest BCUT2D eigenvalue weighted by Gasteiger charge is 2.49. The molecule has 0 heteroatoms. The number of benzene rings is 2. The predicted molar refractivity (Wildman–Crippen MR) is 211 cm³/mol. The van der Waals surface area contributed by atoms with Crippen LogP contribution in [0.4, 0.5) is 0 Å². The van der Waals surface area contributed by atoms with Gasteiger partial charge in [0.15, 0.2) is 0 Å². The summed E-state index contributed by atoms with van der Waals surface area (Å²) in [4.78, 5) is 0. The fraction of sp³-hybridized carbons (Fsp3) is 0.360. The third-order valence-electron chi connectivity index (χ3n) is 14.4. The number of fused-ring (bicyclic) bond motifs is 7. The van der Waals surface area contributed by atoms with Crippen molar-refractivity contribution in [3.63, 3.8) is 0 Å². The lowest BCUT2D eigenvalue weighted by molar-refractivity contribution is 0.210. The van der Waals surface area contributed by atoms with Gasteiger partial charge in [0.1, 0.15) is 0 Å². The minimum absolute atomic E-state index is 0.189. The van der Waals surface area contributed by atoms with Gasteiger partial charge < -0.3 is 0 Å². The molecule has 0 aromatic heterocycles. The lowest BCUT2D eigenvalue weighted by Crippen LogP contribution is -2.26. The van der Waals surface area contributed by atoms with Crippen LogP contribution in [0.1, 0.15) is 107 Å². The molecule has 2 aromatic rings. The maximum absolute atomic E-state index is 2.59. The van der Waals surface area contributed by atoms with Gasteiger partial charge in [-0.2, -0.15) is 0 Å². The average molecular weight is 651 g/mol. The van der Waals surface area contributed by atoms with Crippen molar-refractivity contribution < 1.29 is 0 Å². The molecule has 250 valence electrons. The maximum Gasteiger partial charge on any atom is -0.00233 e. The SMILES string of the molecule is CC1(C)c2ccccc2C2=CC=C(C3=CC4=C(C=C(C5=Cc6ccc(C7=CC=C8C9=CC=CCC9C(C)(C)C8C7)cc6CC5)CC4)CC3)CC21. The second-order valence-electron chi connectivity index (χ2n) is 17.5. The summed E-state index contributed by atoms with van der Waals surface area (Å²) in [7, 11) is 0. The molecule has 0 aliphatic heterocycles. The summed E-state index contributed by atoms with van der Waals surface area (Å²) >= 11 is 0. The Hall–Kier alpha value is -4.16. The van der Waals surface area contributed by atoms with Crippen LogP contribution in [0.2, 0.25) is 0 Å². The molecule has 8 aliphatic rings.